The van der Waals surface area contributed by atoms with E-state index in [9.17, 15) is 9.18 Å². The number of nitrogens with one attached hydrogen (secondary N) is 2. The van der Waals surface area contributed by atoms with Gasteiger partial charge in [-0.05, 0) is 37.5 Å². The Morgan fingerprint density at radius 3 is 2.79 bits per heavy atom. The summed E-state index contributed by atoms with van der Waals surface area (Å²) >= 11 is 0. The third-order valence-corrected chi connectivity index (χ3v) is 4.48. The number of ether oxygens (including phenoxy) is 1. The summed E-state index contributed by atoms with van der Waals surface area (Å²) in [4.78, 5) is 14.2. The number of halogens is 1. The van der Waals surface area contributed by atoms with Gasteiger partial charge < -0.3 is 15.0 Å². The number of hydrogen-bond donors (Lipinski definition) is 2. The number of hydrogen-bond acceptors (Lipinski definition) is 3. The first-order valence-electron chi connectivity index (χ1n) is 7.98. The van der Waals surface area contributed by atoms with Gasteiger partial charge in [0.1, 0.15) is 0 Å². The molecule has 1 aromatic carbocycles. The second kappa shape index (κ2) is 6.90. The van der Waals surface area contributed by atoms with Gasteiger partial charge in [-0.2, -0.15) is 5.10 Å². The Hall–Kier alpha value is -2.57. The Balaban J connectivity index is 1.61. The summed E-state index contributed by atoms with van der Waals surface area (Å²) in [5.41, 5.74) is 2.34. The number of rotatable bonds is 3. The van der Waals surface area contributed by atoms with Crippen LogP contribution >= 0.6 is 0 Å². The molecule has 1 fully saturated rings. The number of piperidine rings is 1. The zero-order chi connectivity index (χ0) is 17.1. The quantitative estimate of drug-likeness (QED) is 0.906. The number of H-pyrrole nitrogens is 1. The average molecular weight is 332 g/mol. The Kier molecular flexibility index (Phi) is 4.69. The molecule has 7 heteroatoms. The van der Waals surface area contributed by atoms with E-state index in [0.717, 1.165) is 24.1 Å². The van der Waals surface area contributed by atoms with Gasteiger partial charge in [-0.25, -0.2) is 9.18 Å². The molecule has 0 saturated carbocycles. The number of carbonyl (C=O) groups excluding carboxylic acids is 1. The van der Waals surface area contributed by atoms with Crippen molar-refractivity contribution >= 4 is 11.7 Å². The second-order valence-electron chi connectivity index (χ2n) is 6.01. The lowest BCUT2D eigenvalue weighted by Gasteiger charge is -2.31. The maximum Gasteiger partial charge on any atom is 0.321 e. The molecule has 0 unspecified atom stereocenters. The number of aryl methyl sites for hydroxylation is 1. The molecule has 0 radical (unpaired) electrons. The summed E-state index contributed by atoms with van der Waals surface area (Å²) in [7, 11) is 1.42. The summed E-state index contributed by atoms with van der Waals surface area (Å²) < 4.78 is 18.8. The predicted molar refractivity (Wildman–Crippen MR) is 88.8 cm³/mol. The standard InChI is InChI=1S/C17H21FN4O2/c1-11-9-16(24-2)13(18)10-15(11)20-17(23)22-7-4-12(5-8-22)14-3-6-19-21-14/h3,6,9-10,12H,4-5,7-8H2,1-2H3,(H,19,21)(H,20,23). The van der Waals surface area contributed by atoms with Gasteiger partial charge in [-0.1, -0.05) is 0 Å². The second-order valence-corrected chi connectivity index (χ2v) is 6.01. The molecule has 128 valence electrons. The summed E-state index contributed by atoms with van der Waals surface area (Å²) in [5.74, 6) is 0.0824. The fraction of sp³-hybridized carbons (Fsp3) is 0.412. The number of amides is 2. The Labute approximate surface area is 140 Å². The number of urea groups is 1. The normalized spacial score (nSPS) is 15.4. The van der Waals surface area contributed by atoms with Crippen molar-refractivity contribution in [1.29, 1.82) is 0 Å². The highest BCUT2D eigenvalue weighted by Crippen LogP contribution is 2.28. The van der Waals surface area contributed by atoms with Crippen molar-refractivity contribution in [2.24, 2.45) is 0 Å². The molecular formula is C17H21FN4O2. The smallest absolute Gasteiger partial charge is 0.321 e. The molecule has 0 bridgehead atoms. The summed E-state index contributed by atoms with van der Waals surface area (Å²) in [5, 5.41) is 9.76. The van der Waals surface area contributed by atoms with Crippen molar-refractivity contribution in [2.45, 2.75) is 25.7 Å². The first-order chi connectivity index (χ1) is 11.6. The number of carbonyl (C=O) groups is 1. The van der Waals surface area contributed by atoms with E-state index in [1.807, 2.05) is 13.0 Å². The van der Waals surface area contributed by atoms with Crippen LogP contribution in [0.4, 0.5) is 14.9 Å². The van der Waals surface area contributed by atoms with Crippen LogP contribution in [0, 0.1) is 12.7 Å². The number of anilines is 1. The number of likely N-dealkylation sites (tertiary alicyclic amines) is 1. The first kappa shape index (κ1) is 16.3. The zero-order valence-corrected chi connectivity index (χ0v) is 13.8. The van der Waals surface area contributed by atoms with Crippen molar-refractivity contribution in [2.75, 3.05) is 25.5 Å². The summed E-state index contributed by atoms with van der Waals surface area (Å²) in [6.45, 7) is 3.13. The van der Waals surface area contributed by atoms with E-state index in [0.29, 0.717) is 24.7 Å². The molecule has 1 aliphatic heterocycles. The van der Waals surface area contributed by atoms with E-state index in [1.165, 1.54) is 13.2 Å². The molecule has 2 N–H and O–H groups in total. The molecule has 2 aromatic rings. The molecule has 6 nitrogen and oxygen atoms in total. The van der Waals surface area contributed by atoms with Crippen molar-refractivity contribution in [3.05, 3.63) is 41.5 Å². The van der Waals surface area contributed by atoms with Gasteiger partial charge in [0.15, 0.2) is 11.6 Å². The van der Waals surface area contributed by atoms with Crippen LogP contribution < -0.4 is 10.1 Å². The van der Waals surface area contributed by atoms with Crippen LogP contribution in [-0.4, -0.2) is 41.3 Å². The predicted octanol–water partition coefficient (Wildman–Crippen LogP) is 3.28. The van der Waals surface area contributed by atoms with Gasteiger partial charge in [-0.3, -0.25) is 5.10 Å². The Bertz CT molecular complexity index is 710. The van der Waals surface area contributed by atoms with Crippen molar-refractivity contribution < 1.29 is 13.9 Å². The average Bonchev–Trinajstić information content (AvgIpc) is 3.12. The van der Waals surface area contributed by atoms with Crippen molar-refractivity contribution in [1.82, 2.24) is 15.1 Å². The number of methoxy groups -OCH3 is 1. The molecule has 1 aromatic heterocycles. The monoisotopic (exact) mass is 332 g/mol. The van der Waals surface area contributed by atoms with Crippen LogP contribution in [0.2, 0.25) is 0 Å². The number of nitrogens with zero attached hydrogens (tertiary/aromatic N) is 2. The third kappa shape index (κ3) is 3.34. The van der Waals surface area contributed by atoms with E-state index >= 15 is 0 Å². The van der Waals surface area contributed by atoms with Crippen LogP contribution in [0.3, 0.4) is 0 Å². The minimum absolute atomic E-state index is 0.172. The van der Waals surface area contributed by atoms with E-state index in [1.54, 1.807) is 17.2 Å². The van der Waals surface area contributed by atoms with Crippen molar-refractivity contribution in [3.8, 4) is 5.75 Å². The molecular weight excluding hydrogens is 311 g/mol. The minimum atomic E-state index is -0.489. The maximum atomic E-state index is 13.8. The molecule has 1 aliphatic rings. The van der Waals surface area contributed by atoms with E-state index in [4.69, 9.17) is 4.74 Å². The Morgan fingerprint density at radius 2 is 2.17 bits per heavy atom. The molecule has 0 spiro atoms. The minimum Gasteiger partial charge on any atom is -0.494 e. The maximum absolute atomic E-state index is 13.8. The highest BCUT2D eigenvalue weighted by atomic mass is 19.1. The number of aromatic amines is 1. The summed E-state index contributed by atoms with van der Waals surface area (Å²) in [6.07, 6.45) is 3.51. The molecule has 1 saturated heterocycles. The SMILES string of the molecule is COc1cc(C)c(NC(=O)N2CCC(c3ccn[nH]3)CC2)cc1F. The topological polar surface area (TPSA) is 70.2 Å². The lowest BCUT2D eigenvalue weighted by Crippen LogP contribution is -2.40. The largest absolute Gasteiger partial charge is 0.494 e. The fourth-order valence-corrected chi connectivity index (χ4v) is 3.03. The van der Waals surface area contributed by atoms with Crippen LogP contribution in [0.15, 0.2) is 24.4 Å². The molecule has 0 aliphatic carbocycles. The highest BCUT2D eigenvalue weighted by Gasteiger charge is 2.25. The van der Waals surface area contributed by atoms with Crippen LogP contribution in [0.5, 0.6) is 5.75 Å². The molecule has 2 amide bonds. The van der Waals surface area contributed by atoms with Crippen LogP contribution in [-0.2, 0) is 0 Å². The van der Waals surface area contributed by atoms with E-state index in [2.05, 4.69) is 15.5 Å². The van der Waals surface area contributed by atoms with Crippen molar-refractivity contribution in [3.63, 3.8) is 0 Å². The van der Waals surface area contributed by atoms with E-state index < -0.39 is 5.82 Å². The van der Waals surface area contributed by atoms with Gasteiger partial charge in [0.05, 0.1) is 7.11 Å². The lowest BCUT2D eigenvalue weighted by molar-refractivity contribution is 0.194. The number of aromatic nitrogens is 2. The van der Waals surface area contributed by atoms with Gasteiger partial charge in [-0.15, -0.1) is 0 Å². The molecule has 24 heavy (non-hydrogen) atoms. The molecule has 3 rings (SSSR count). The first-order valence-corrected chi connectivity index (χ1v) is 7.98. The van der Waals surface area contributed by atoms with Gasteiger partial charge in [0, 0.05) is 42.7 Å². The lowest BCUT2D eigenvalue weighted by atomic mass is 9.94. The van der Waals surface area contributed by atoms with Crippen LogP contribution in [0.1, 0.15) is 30.0 Å². The van der Waals surface area contributed by atoms with Crippen LogP contribution in [0.25, 0.3) is 0 Å². The summed E-state index contributed by atoms with van der Waals surface area (Å²) in [6, 6.07) is 4.65. The molecule has 2 heterocycles. The Morgan fingerprint density at radius 1 is 1.42 bits per heavy atom. The van der Waals surface area contributed by atoms with Gasteiger partial charge in [0.2, 0.25) is 0 Å². The van der Waals surface area contributed by atoms with Gasteiger partial charge in [0.25, 0.3) is 0 Å². The number of benzene rings is 1. The van der Waals surface area contributed by atoms with E-state index in [-0.39, 0.29) is 11.8 Å². The van der Waals surface area contributed by atoms with Gasteiger partial charge >= 0.3 is 6.03 Å². The third-order valence-electron chi connectivity index (χ3n) is 4.48. The highest BCUT2D eigenvalue weighted by molar-refractivity contribution is 5.90. The fourth-order valence-electron chi connectivity index (χ4n) is 3.03. The zero-order valence-electron chi connectivity index (χ0n) is 13.8. The molecule has 0 atom stereocenters.